The van der Waals surface area contributed by atoms with Crippen molar-refractivity contribution in [2.24, 2.45) is 0 Å². The Balaban J connectivity index is 1.89. The summed E-state index contributed by atoms with van der Waals surface area (Å²) in [7, 11) is 0. The lowest BCUT2D eigenvalue weighted by atomic mass is 10.0. The average Bonchev–Trinajstić information content (AvgIpc) is 3.06. The molecule has 6 heteroatoms. The predicted molar refractivity (Wildman–Crippen MR) is 113 cm³/mol. The van der Waals surface area contributed by atoms with Crippen molar-refractivity contribution in [3.63, 3.8) is 0 Å². The highest BCUT2D eigenvalue weighted by molar-refractivity contribution is 6.37. The molecule has 1 N–H and O–H groups in total. The molecule has 0 aliphatic heterocycles. The van der Waals surface area contributed by atoms with Gasteiger partial charge in [-0.1, -0.05) is 59.1 Å². The number of hydrogen-bond donors (Lipinski definition) is 1. The van der Waals surface area contributed by atoms with Crippen molar-refractivity contribution >= 4 is 45.9 Å². The van der Waals surface area contributed by atoms with Crippen LogP contribution < -0.4 is 0 Å². The minimum Gasteiger partial charge on any atom is -0.478 e. The first-order valence-electron chi connectivity index (χ1n) is 8.72. The summed E-state index contributed by atoms with van der Waals surface area (Å²) in [6, 6.07) is 17.5. The zero-order valence-corrected chi connectivity index (χ0v) is 16.7. The molecule has 0 bridgehead atoms. The van der Waals surface area contributed by atoms with E-state index in [1.165, 1.54) is 18.2 Å². The van der Waals surface area contributed by atoms with Gasteiger partial charge in [0.1, 0.15) is 11.1 Å². The smallest absolute Gasteiger partial charge is 0.340 e. The maximum Gasteiger partial charge on any atom is 0.340 e. The van der Waals surface area contributed by atoms with Crippen molar-refractivity contribution in [2.75, 3.05) is 0 Å². The summed E-state index contributed by atoms with van der Waals surface area (Å²) >= 11 is 12.0. The molecule has 0 atom stereocenters. The molecule has 0 spiro atoms. The Bertz CT molecular complexity index is 1290. The van der Waals surface area contributed by atoms with E-state index in [2.05, 4.69) is 0 Å². The first kappa shape index (κ1) is 19.2. The molecule has 0 saturated heterocycles. The number of hydrogen-bond acceptors (Lipinski definition) is 3. The van der Waals surface area contributed by atoms with E-state index in [1.54, 1.807) is 12.1 Å². The van der Waals surface area contributed by atoms with Gasteiger partial charge in [-0.2, -0.15) is 0 Å². The quantitative estimate of drug-likeness (QED) is 0.372. The molecule has 0 amide bonds. The van der Waals surface area contributed by atoms with E-state index in [0.29, 0.717) is 16.0 Å². The molecule has 1 aromatic heterocycles. The fourth-order valence-electron chi connectivity index (χ4n) is 3.27. The summed E-state index contributed by atoms with van der Waals surface area (Å²) in [6.45, 7) is 1.99. The van der Waals surface area contributed by atoms with Gasteiger partial charge in [0.2, 0.25) is 5.78 Å². The zero-order valence-electron chi connectivity index (χ0n) is 15.2. The van der Waals surface area contributed by atoms with Gasteiger partial charge < -0.3 is 9.52 Å². The Labute approximate surface area is 176 Å². The van der Waals surface area contributed by atoms with Crippen LogP contribution in [0.15, 0.2) is 65.1 Å². The molecule has 1 heterocycles. The molecule has 0 aliphatic carbocycles. The molecule has 0 unspecified atom stereocenters. The fourth-order valence-corrected chi connectivity index (χ4v) is 3.76. The third-order valence-electron chi connectivity index (χ3n) is 4.64. The van der Waals surface area contributed by atoms with E-state index in [1.807, 2.05) is 37.3 Å². The molecule has 0 aliphatic rings. The largest absolute Gasteiger partial charge is 0.478 e. The van der Waals surface area contributed by atoms with Gasteiger partial charge in [-0.05, 0) is 48.4 Å². The number of furan rings is 1. The van der Waals surface area contributed by atoms with Gasteiger partial charge in [0.15, 0.2) is 5.76 Å². The van der Waals surface area contributed by atoms with Crippen molar-refractivity contribution in [1.82, 2.24) is 0 Å². The Morgan fingerprint density at radius 3 is 2.38 bits per heavy atom. The maximum atomic E-state index is 13.0. The minimum absolute atomic E-state index is 0.122. The number of aryl methyl sites for hydroxylation is 1. The van der Waals surface area contributed by atoms with E-state index in [-0.39, 0.29) is 21.9 Å². The molecule has 29 heavy (non-hydrogen) atoms. The Kier molecular flexibility index (Phi) is 4.91. The maximum absolute atomic E-state index is 13.0. The van der Waals surface area contributed by atoms with Crippen LogP contribution in [-0.2, 0) is 0 Å². The molecular weight excluding hydrogens is 411 g/mol. The standard InChI is InChI=1S/C23H14Cl2O4/c1-12-3-2-4-13(9-12)14-5-7-17-19(10-14)29-22(20(17)23(27)28)21(26)16-8-6-15(24)11-18(16)25/h2-11H,1H3,(H,27,28). The summed E-state index contributed by atoms with van der Waals surface area (Å²) in [5, 5.41) is 10.6. The van der Waals surface area contributed by atoms with E-state index in [4.69, 9.17) is 27.6 Å². The summed E-state index contributed by atoms with van der Waals surface area (Å²) in [6.07, 6.45) is 0. The van der Waals surface area contributed by atoms with Crippen molar-refractivity contribution in [3.8, 4) is 11.1 Å². The number of aromatic carboxylic acids is 1. The summed E-state index contributed by atoms with van der Waals surface area (Å²) in [4.78, 5) is 24.9. The molecular formula is C23H14Cl2O4. The number of ketones is 1. The molecule has 0 saturated carbocycles. The van der Waals surface area contributed by atoms with Crippen LogP contribution in [0.5, 0.6) is 0 Å². The fraction of sp³-hybridized carbons (Fsp3) is 0.0435. The number of carboxylic acids is 1. The van der Waals surface area contributed by atoms with Crippen LogP contribution in [0.4, 0.5) is 0 Å². The summed E-state index contributed by atoms with van der Waals surface area (Å²) in [5.74, 6) is -2.13. The molecule has 4 nitrogen and oxygen atoms in total. The third kappa shape index (κ3) is 3.53. The summed E-state index contributed by atoms with van der Waals surface area (Å²) in [5.41, 5.74) is 3.17. The van der Waals surface area contributed by atoms with E-state index in [0.717, 1.165) is 16.7 Å². The van der Waals surface area contributed by atoms with Gasteiger partial charge in [-0.3, -0.25) is 4.79 Å². The average molecular weight is 425 g/mol. The number of carboxylic acid groups (broad SMARTS) is 1. The zero-order chi connectivity index (χ0) is 20.7. The van der Waals surface area contributed by atoms with E-state index < -0.39 is 11.8 Å². The topological polar surface area (TPSA) is 67.5 Å². The van der Waals surface area contributed by atoms with Gasteiger partial charge in [0.25, 0.3) is 0 Å². The second kappa shape index (κ2) is 7.39. The van der Waals surface area contributed by atoms with Gasteiger partial charge in [0.05, 0.1) is 5.02 Å². The van der Waals surface area contributed by atoms with Crippen LogP contribution in [0.3, 0.4) is 0 Å². The highest BCUT2D eigenvalue weighted by Crippen LogP contribution is 2.33. The van der Waals surface area contributed by atoms with Crippen molar-refractivity contribution in [2.45, 2.75) is 6.92 Å². The first-order valence-corrected chi connectivity index (χ1v) is 9.47. The van der Waals surface area contributed by atoms with Gasteiger partial charge in [-0.25, -0.2) is 4.79 Å². The number of carbonyl (C=O) groups excluding carboxylic acids is 1. The number of benzene rings is 3. The molecule has 3 aromatic carbocycles. The van der Waals surface area contributed by atoms with Crippen LogP contribution in [0.2, 0.25) is 10.0 Å². The van der Waals surface area contributed by atoms with Crippen LogP contribution >= 0.6 is 23.2 Å². The second-order valence-electron chi connectivity index (χ2n) is 6.65. The highest BCUT2D eigenvalue weighted by Gasteiger charge is 2.27. The highest BCUT2D eigenvalue weighted by atomic mass is 35.5. The Morgan fingerprint density at radius 2 is 1.69 bits per heavy atom. The Hall–Kier alpha value is -3.08. The third-order valence-corrected chi connectivity index (χ3v) is 5.19. The molecule has 4 rings (SSSR count). The SMILES string of the molecule is Cc1cccc(-c2ccc3c(C(=O)O)c(C(=O)c4ccc(Cl)cc4Cl)oc3c2)c1. The van der Waals surface area contributed by atoms with Crippen molar-refractivity contribution in [3.05, 3.63) is 93.2 Å². The van der Waals surface area contributed by atoms with Gasteiger partial charge in [0, 0.05) is 16.0 Å². The lowest BCUT2D eigenvalue weighted by Crippen LogP contribution is -2.07. The number of fused-ring (bicyclic) bond motifs is 1. The monoisotopic (exact) mass is 424 g/mol. The lowest BCUT2D eigenvalue weighted by molar-refractivity contribution is 0.0692. The minimum atomic E-state index is -1.25. The molecule has 4 aromatic rings. The summed E-state index contributed by atoms with van der Waals surface area (Å²) < 4.78 is 5.73. The van der Waals surface area contributed by atoms with E-state index >= 15 is 0 Å². The molecule has 0 radical (unpaired) electrons. The van der Waals surface area contributed by atoms with Gasteiger partial charge in [-0.15, -0.1) is 0 Å². The second-order valence-corrected chi connectivity index (χ2v) is 7.49. The number of carbonyl (C=O) groups is 2. The normalized spacial score (nSPS) is 11.0. The van der Waals surface area contributed by atoms with Gasteiger partial charge >= 0.3 is 5.97 Å². The van der Waals surface area contributed by atoms with Crippen LogP contribution in [0, 0.1) is 6.92 Å². The molecule has 144 valence electrons. The lowest BCUT2D eigenvalue weighted by Gasteiger charge is -2.03. The number of rotatable bonds is 4. The van der Waals surface area contributed by atoms with E-state index in [9.17, 15) is 14.7 Å². The van der Waals surface area contributed by atoms with Crippen LogP contribution in [0.25, 0.3) is 22.1 Å². The van der Waals surface area contributed by atoms with Crippen molar-refractivity contribution in [1.29, 1.82) is 0 Å². The van der Waals surface area contributed by atoms with Crippen molar-refractivity contribution < 1.29 is 19.1 Å². The Morgan fingerprint density at radius 1 is 0.931 bits per heavy atom. The predicted octanol–water partition coefficient (Wildman–Crippen LogP) is 6.64. The number of halogens is 2. The van der Waals surface area contributed by atoms with Crippen LogP contribution in [0.1, 0.15) is 32.0 Å². The van der Waals surface area contributed by atoms with Crippen LogP contribution in [-0.4, -0.2) is 16.9 Å². The first-order chi connectivity index (χ1) is 13.8. The molecule has 0 fully saturated rings.